The summed E-state index contributed by atoms with van der Waals surface area (Å²) in [6.45, 7) is 5.90. The largest absolute Gasteiger partial charge is 0.493 e. The molecule has 0 aliphatic heterocycles. The standard InChI is InChI=1S/C30H33ClF5NO4S/c1-19(38)27-25(33)15-23(16-26(27)42(4,39)40)41-14-6-13-37(18-29(2,3)21-9-11-22(32)12-10-21)17-20-7-5-8-24(28(20)31)30(34,35)36/h5,7-12,15-16,19,38H,6,13-14,17-18H2,1-4H3. The quantitative estimate of drug-likeness (QED) is 0.167. The Bertz CT molecular complexity index is 1490. The van der Waals surface area contributed by atoms with Crippen molar-refractivity contribution in [1.82, 2.24) is 4.90 Å². The van der Waals surface area contributed by atoms with E-state index in [9.17, 15) is 35.5 Å². The van der Waals surface area contributed by atoms with Crippen molar-refractivity contribution in [3.8, 4) is 5.75 Å². The molecule has 12 heteroatoms. The number of hydrogen-bond acceptors (Lipinski definition) is 5. The fourth-order valence-corrected chi connectivity index (χ4v) is 6.06. The lowest BCUT2D eigenvalue weighted by atomic mass is 9.84. The number of alkyl halides is 3. The SMILES string of the molecule is CC(O)c1c(F)cc(OCCCN(Cc2cccc(C(F)(F)F)c2Cl)CC(C)(C)c2ccc(F)cc2)cc1S(C)(=O)=O. The van der Waals surface area contributed by atoms with E-state index in [2.05, 4.69) is 0 Å². The molecule has 3 aromatic carbocycles. The van der Waals surface area contributed by atoms with Crippen molar-refractivity contribution >= 4 is 21.4 Å². The number of aliphatic hydroxyl groups is 1. The van der Waals surface area contributed by atoms with Gasteiger partial charge >= 0.3 is 6.18 Å². The number of nitrogens with zero attached hydrogens (tertiary/aromatic N) is 1. The molecule has 0 saturated heterocycles. The molecule has 0 radical (unpaired) electrons. The number of rotatable bonds is 12. The third kappa shape index (κ3) is 8.65. The Labute approximate surface area is 247 Å². The van der Waals surface area contributed by atoms with Crippen LogP contribution in [0.3, 0.4) is 0 Å². The highest BCUT2D eigenvalue weighted by atomic mass is 35.5. The number of aliphatic hydroxyl groups excluding tert-OH is 1. The van der Waals surface area contributed by atoms with Gasteiger partial charge in [-0.05, 0) is 48.7 Å². The molecule has 3 aromatic rings. The minimum Gasteiger partial charge on any atom is -0.493 e. The number of hydrogen-bond donors (Lipinski definition) is 1. The van der Waals surface area contributed by atoms with Crippen molar-refractivity contribution in [2.75, 3.05) is 26.0 Å². The van der Waals surface area contributed by atoms with Crippen LogP contribution in [-0.2, 0) is 28.0 Å². The summed E-state index contributed by atoms with van der Waals surface area (Å²) in [6, 6.07) is 11.9. The Balaban J connectivity index is 1.82. The summed E-state index contributed by atoms with van der Waals surface area (Å²) in [5, 5.41) is 9.47. The first-order chi connectivity index (χ1) is 19.4. The van der Waals surface area contributed by atoms with Crippen LogP contribution in [-0.4, -0.2) is 44.4 Å². The van der Waals surface area contributed by atoms with E-state index in [0.717, 1.165) is 30.0 Å². The predicted molar refractivity (Wildman–Crippen MR) is 151 cm³/mol. The number of sulfone groups is 1. The van der Waals surface area contributed by atoms with Crippen LogP contribution in [0.15, 0.2) is 59.5 Å². The van der Waals surface area contributed by atoms with E-state index in [4.69, 9.17) is 16.3 Å². The highest BCUT2D eigenvalue weighted by molar-refractivity contribution is 7.90. The monoisotopic (exact) mass is 633 g/mol. The van der Waals surface area contributed by atoms with Gasteiger partial charge in [-0.25, -0.2) is 17.2 Å². The van der Waals surface area contributed by atoms with Crippen LogP contribution in [0.2, 0.25) is 5.02 Å². The van der Waals surface area contributed by atoms with Crippen molar-refractivity contribution in [3.05, 3.63) is 93.5 Å². The molecule has 1 unspecified atom stereocenters. The Morgan fingerprint density at radius 3 is 2.26 bits per heavy atom. The minimum absolute atomic E-state index is 0.0282. The van der Waals surface area contributed by atoms with Crippen molar-refractivity contribution in [2.45, 2.75) is 56.3 Å². The minimum atomic E-state index is -4.62. The molecular weight excluding hydrogens is 601 g/mol. The molecule has 0 fully saturated rings. The second-order valence-electron chi connectivity index (χ2n) is 10.8. The van der Waals surface area contributed by atoms with Crippen molar-refractivity contribution in [3.63, 3.8) is 0 Å². The van der Waals surface area contributed by atoms with Gasteiger partial charge < -0.3 is 9.84 Å². The molecule has 1 N–H and O–H groups in total. The van der Waals surface area contributed by atoms with Crippen LogP contribution < -0.4 is 4.74 Å². The smallest absolute Gasteiger partial charge is 0.417 e. The number of benzene rings is 3. The van der Waals surface area contributed by atoms with Crippen LogP contribution in [0, 0.1) is 11.6 Å². The van der Waals surface area contributed by atoms with Gasteiger partial charge in [0.2, 0.25) is 0 Å². The fraction of sp³-hybridized carbons (Fsp3) is 0.400. The first kappa shape index (κ1) is 33.8. The van der Waals surface area contributed by atoms with Gasteiger partial charge in [-0.3, -0.25) is 4.90 Å². The van der Waals surface area contributed by atoms with Crippen LogP contribution in [0.25, 0.3) is 0 Å². The Morgan fingerprint density at radius 1 is 1.05 bits per heavy atom. The van der Waals surface area contributed by atoms with E-state index in [1.807, 2.05) is 18.7 Å². The summed E-state index contributed by atoms with van der Waals surface area (Å²) in [7, 11) is -3.87. The highest BCUT2D eigenvalue weighted by Crippen LogP contribution is 2.37. The van der Waals surface area contributed by atoms with Crippen LogP contribution in [0.1, 0.15) is 55.5 Å². The lowest BCUT2D eigenvalue weighted by Gasteiger charge is -2.34. The second-order valence-corrected chi connectivity index (χ2v) is 13.2. The molecule has 0 amide bonds. The second kappa shape index (κ2) is 13.3. The van der Waals surface area contributed by atoms with E-state index in [0.29, 0.717) is 19.5 Å². The van der Waals surface area contributed by atoms with Crippen molar-refractivity contribution in [2.24, 2.45) is 0 Å². The molecule has 5 nitrogen and oxygen atoms in total. The summed E-state index contributed by atoms with van der Waals surface area (Å²) in [4.78, 5) is 1.52. The molecule has 0 saturated carbocycles. The van der Waals surface area contributed by atoms with Gasteiger partial charge in [0.15, 0.2) is 9.84 Å². The Kier molecular flexibility index (Phi) is 10.7. The molecule has 0 aromatic heterocycles. The molecule has 42 heavy (non-hydrogen) atoms. The molecule has 0 aliphatic rings. The van der Waals surface area contributed by atoms with Gasteiger partial charge in [0.05, 0.1) is 28.2 Å². The molecule has 0 aliphatic carbocycles. The first-order valence-corrected chi connectivity index (χ1v) is 15.3. The summed E-state index contributed by atoms with van der Waals surface area (Å²) >= 11 is 6.17. The van der Waals surface area contributed by atoms with Crippen molar-refractivity contribution < 1.29 is 40.2 Å². The average molecular weight is 634 g/mol. The molecular formula is C30H33ClF5NO4S. The molecule has 1 atom stereocenters. The topological polar surface area (TPSA) is 66.8 Å². The lowest BCUT2D eigenvalue weighted by molar-refractivity contribution is -0.137. The maximum Gasteiger partial charge on any atom is 0.417 e. The summed E-state index contributed by atoms with van der Waals surface area (Å²) in [6.07, 6.45) is -4.74. The first-order valence-electron chi connectivity index (χ1n) is 13.1. The maximum atomic E-state index is 14.7. The van der Waals surface area contributed by atoms with Crippen molar-refractivity contribution in [1.29, 1.82) is 0 Å². The summed E-state index contributed by atoms with van der Waals surface area (Å²) < 4.78 is 98.7. The zero-order chi connectivity index (χ0) is 31.5. The predicted octanol–water partition coefficient (Wildman–Crippen LogP) is 7.34. The molecule has 0 bridgehead atoms. The van der Waals surface area contributed by atoms with Gasteiger partial charge in [0.1, 0.15) is 17.4 Å². The van der Waals surface area contributed by atoms with E-state index in [1.54, 1.807) is 12.1 Å². The normalized spacial score (nSPS) is 13.4. The van der Waals surface area contributed by atoms with Gasteiger partial charge in [-0.15, -0.1) is 0 Å². The van der Waals surface area contributed by atoms with Gasteiger partial charge in [-0.1, -0.05) is 49.7 Å². The zero-order valence-electron chi connectivity index (χ0n) is 23.6. The van der Waals surface area contributed by atoms with E-state index in [-0.39, 0.29) is 34.9 Å². The van der Waals surface area contributed by atoms with Gasteiger partial charge in [0, 0.05) is 42.9 Å². The van der Waals surface area contributed by atoms with E-state index < -0.39 is 49.8 Å². The molecule has 230 valence electrons. The highest BCUT2D eigenvalue weighted by Gasteiger charge is 2.34. The molecule has 0 heterocycles. The zero-order valence-corrected chi connectivity index (χ0v) is 25.2. The van der Waals surface area contributed by atoms with Gasteiger partial charge in [0.25, 0.3) is 0 Å². The maximum absolute atomic E-state index is 14.7. The Morgan fingerprint density at radius 2 is 1.69 bits per heavy atom. The molecule has 3 rings (SSSR count). The number of ether oxygens (including phenoxy) is 1. The van der Waals surface area contributed by atoms with Crippen LogP contribution in [0.4, 0.5) is 22.0 Å². The third-order valence-electron chi connectivity index (χ3n) is 6.79. The van der Waals surface area contributed by atoms with E-state index >= 15 is 0 Å². The van der Waals surface area contributed by atoms with Crippen LogP contribution in [0.5, 0.6) is 5.75 Å². The molecule has 0 spiro atoms. The number of halogens is 6. The van der Waals surface area contributed by atoms with E-state index in [1.165, 1.54) is 31.2 Å². The fourth-order valence-electron chi connectivity index (χ4n) is 4.77. The summed E-state index contributed by atoms with van der Waals surface area (Å²) in [5.74, 6) is -1.36. The van der Waals surface area contributed by atoms with Crippen LogP contribution >= 0.6 is 11.6 Å². The third-order valence-corrected chi connectivity index (χ3v) is 8.38. The Hall–Kier alpha value is -2.73. The average Bonchev–Trinajstić information content (AvgIpc) is 2.86. The lowest BCUT2D eigenvalue weighted by Crippen LogP contribution is -2.38. The summed E-state index contributed by atoms with van der Waals surface area (Å²) in [5.41, 5.74) is -0.727. The van der Waals surface area contributed by atoms with Gasteiger partial charge in [-0.2, -0.15) is 13.2 Å².